The average molecular weight is 302 g/mol. The van der Waals surface area contributed by atoms with Gasteiger partial charge in [0.05, 0.1) is 6.04 Å². The van der Waals surface area contributed by atoms with Crippen molar-refractivity contribution in [2.75, 3.05) is 6.98 Å². The molecular formula is C14H12F3NO3. The van der Waals surface area contributed by atoms with Gasteiger partial charge in [0.1, 0.15) is 0 Å². The van der Waals surface area contributed by atoms with Gasteiger partial charge < -0.3 is 9.64 Å². The lowest BCUT2D eigenvalue weighted by atomic mass is 9.91. The number of alkyl halides is 2. The normalized spacial score (nSPS) is 27.0. The molecule has 0 unspecified atom stereocenters. The second-order valence-corrected chi connectivity index (χ2v) is 5.01. The fourth-order valence-electron chi connectivity index (χ4n) is 2.98. The van der Waals surface area contributed by atoms with Crippen molar-refractivity contribution in [3.8, 4) is 5.75 Å². The number of Topliss-reactive ketones (excluding diaryl/α,β-unsaturated/α-hetero) is 1. The first-order valence-electron chi connectivity index (χ1n) is 7.75. The average Bonchev–Trinajstić information content (AvgIpc) is 2.73. The summed E-state index contributed by atoms with van der Waals surface area (Å²) in [7, 11) is 0. The molecule has 112 valence electrons. The van der Waals surface area contributed by atoms with E-state index >= 15 is 0 Å². The molecule has 1 aromatic carbocycles. The number of carbonyl (C=O) groups excluding carboxylic acids is 2. The van der Waals surface area contributed by atoms with Gasteiger partial charge in [0.15, 0.2) is 17.3 Å². The van der Waals surface area contributed by atoms with E-state index in [-0.39, 0.29) is 24.0 Å². The van der Waals surface area contributed by atoms with Crippen LogP contribution in [0.15, 0.2) is 12.1 Å². The van der Waals surface area contributed by atoms with E-state index in [4.69, 9.17) is 4.11 Å². The fraction of sp³-hybridized carbons (Fsp3) is 0.429. The highest BCUT2D eigenvalue weighted by molar-refractivity contribution is 6.02. The number of rotatable bonds is 2. The number of ketones is 1. The largest absolute Gasteiger partial charge is 0.431 e. The number of benzene rings is 1. The molecule has 21 heavy (non-hydrogen) atoms. The Kier molecular flexibility index (Phi) is 2.41. The van der Waals surface area contributed by atoms with Crippen LogP contribution >= 0.6 is 0 Å². The number of nitrogens with zero attached hydrogens (tertiary/aromatic N) is 1. The summed E-state index contributed by atoms with van der Waals surface area (Å²) in [6, 6.07) is 0.618. The van der Waals surface area contributed by atoms with E-state index in [1.807, 2.05) is 0 Å². The summed E-state index contributed by atoms with van der Waals surface area (Å²) >= 11 is 0. The van der Waals surface area contributed by atoms with Gasteiger partial charge in [-0.25, -0.2) is 4.39 Å². The molecule has 1 heterocycles. The molecule has 4 nitrogen and oxygen atoms in total. The number of hydrogen-bond acceptors (Lipinski definition) is 3. The first kappa shape index (κ1) is 10.6. The third kappa shape index (κ3) is 2.07. The summed E-state index contributed by atoms with van der Waals surface area (Å²) in [4.78, 5) is 25.2. The molecular weight excluding hydrogens is 287 g/mol. The van der Waals surface area contributed by atoms with Crippen molar-refractivity contribution < 1.29 is 31.6 Å². The maximum absolute atomic E-state index is 14.0. The maximum atomic E-state index is 14.0. The molecule has 0 saturated heterocycles. The standard InChI is InChI=1S/C14H12F3NO3/c1-18-9-4-6(5-10(9)19)11-7(13(18)20)2-3-8(15)12(11)21-14(16)17/h2-3,6,9,14H,4-5H2,1H3/t6-,9+/m0/s1/i1D3. The van der Waals surface area contributed by atoms with Gasteiger partial charge >= 0.3 is 6.61 Å². The molecule has 1 amide bonds. The van der Waals surface area contributed by atoms with Crippen molar-refractivity contribution in [3.63, 3.8) is 0 Å². The third-order valence-electron chi connectivity index (χ3n) is 3.85. The van der Waals surface area contributed by atoms with Crippen LogP contribution in [0, 0.1) is 5.82 Å². The second-order valence-electron chi connectivity index (χ2n) is 5.01. The van der Waals surface area contributed by atoms with Gasteiger partial charge in [-0.15, -0.1) is 0 Å². The van der Waals surface area contributed by atoms with E-state index < -0.39 is 48.8 Å². The molecule has 2 bridgehead atoms. The van der Waals surface area contributed by atoms with E-state index in [0.717, 1.165) is 12.1 Å². The smallest absolute Gasteiger partial charge is 0.387 e. The quantitative estimate of drug-likeness (QED) is 0.842. The summed E-state index contributed by atoms with van der Waals surface area (Å²) in [5.41, 5.74) is -0.397. The van der Waals surface area contributed by atoms with Gasteiger partial charge in [0, 0.05) is 28.6 Å². The number of ether oxygens (including phenoxy) is 1. The van der Waals surface area contributed by atoms with E-state index in [0.29, 0.717) is 4.90 Å². The van der Waals surface area contributed by atoms with Crippen LogP contribution in [0.2, 0.25) is 0 Å². The van der Waals surface area contributed by atoms with Gasteiger partial charge in [-0.2, -0.15) is 8.78 Å². The van der Waals surface area contributed by atoms with Gasteiger partial charge in [-0.3, -0.25) is 9.59 Å². The van der Waals surface area contributed by atoms with Crippen molar-refractivity contribution in [1.82, 2.24) is 4.90 Å². The Morgan fingerprint density at radius 2 is 2.19 bits per heavy atom. The van der Waals surface area contributed by atoms with Crippen molar-refractivity contribution in [1.29, 1.82) is 0 Å². The number of likely N-dealkylation sites (N-methyl/N-ethyl adjacent to an activating group) is 1. The molecule has 0 N–H and O–H groups in total. The lowest BCUT2D eigenvalue weighted by Crippen LogP contribution is -2.39. The maximum Gasteiger partial charge on any atom is 0.387 e. The molecule has 7 heteroatoms. The van der Waals surface area contributed by atoms with Gasteiger partial charge in [0.25, 0.3) is 5.91 Å². The van der Waals surface area contributed by atoms with E-state index in [1.54, 1.807) is 0 Å². The van der Waals surface area contributed by atoms with Crippen LogP contribution in [-0.2, 0) is 4.79 Å². The molecule has 0 aromatic heterocycles. The molecule has 2 aliphatic rings. The zero-order valence-electron chi connectivity index (χ0n) is 13.6. The predicted molar refractivity (Wildman–Crippen MR) is 65.9 cm³/mol. The van der Waals surface area contributed by atoms with Crippen molar-refractivity contribution in [2.45, 2.75) is 31.4 Å². The Bertz CT molecular complexity index is 723. The Labute approximate surface area is 122 Å². The predicted octanol–water partition coefficient (Wildman–Crippen LogP) is 2.33. The number of hydrogen-bond donors (Lipinski definition) is 0. The summed E-state index contributed by atoms with van der Waals surface area (Å²) in [5.74, 6) is -4.17. The molecule has 1 aromatic rings. The molecule has 1 aliphatic carbocycles. The lowest BCUT2D eigenvalue weighted by molar-refractivity contribution is -0.121. The van der Waals surface area contributed by atoms with Gasteiger partial charge in [-0.1, -0.05) is 0 Å². The summed E-state index contributed by atoms with van der Waals surface area (Å²) < 4.78 is 65.9. The molecule has 1 aliphatic heterocycles. The van der Waals surface area contributed by atoms with Crippen LogP contribution in [0.25, 0.3) is 0 Å². The molecule has 1 saturated carbocycles. The van der Waals surface area contributed by atoms with E-state index in [1.165, 1.54) is 0 Å². The Morgan fingerprint density at radius 3 is 2.86 bits per heavy atom. The zero-order valence-corrected chi connectivity index (χ0v) is 10.6. The van der Waals surface area contributed by atoms with Gasteiger partial charge in [0.2, 0.25) is 0 Å². The summed E-state index contributed by atoms with van der Waals surface area (Å²) in [6.45, 7) is -6.21. The monoisotopic (exact) mass is 302 g/mol. The second kappa shape index (κ2) is 4.75. The van der Waals surface area contributed by atoms with E-state index in [9.17, 15) is 22.8 Å². The van der Waals surface area contributed by atoms with Crippen LogP contribution in [-0.4, -0.2) is 36.2 Å². The molecule has 2 atom stereocenters. The molecule has 3 rings (SSSR count). The Morgan fingerprint density at radius 1 is 1.43 bits per heavy atom. The first-order chi connectivity index (χ1) is 11.1. The minimum atomic E-state index is -3.32. The summed E-state index contributed by atoms with van der Waals surface area (Å²) in [6.07, 6.45) is -0.237. The third-order valence-corrected chi connectivity index (χ3v) is 3.85. The molecule has 0 spiro atoms. The van der Waals surface area contributed by atoms with Crippen LogP contribution in [0.3, 0.4) is 0 Å². The minimum absolute atomic E-state index is 0.0704. The number of carbonyl (C=O) groups is 2. The number of fused-ring (bicyclic) bond motifs is 4. The van der Waals surface area contributed by atoms with Crippen LogP contribution < -0.4 is 4.74 Å². The highest BCUT2D eigenvalue weighted by Crippen LogP contribution is 2.45. The molecule has 0 radical (unpaired) electrons. The van der Waals surface area contributed by atoms with Gasteiger partial charge in [-0.05, 0) is 24.5 Å². The van der Waals surface area contributed by atoms with E-state index in [2.05, 4.69) is 4.74 Å². The van der Waals surface area contributed by atoms with Crippen LogP contribution in [0.5, 0.6) is 5.75 Å². The van der Waals surface area contributed by atoms with Crippen LogP contribution in [0.1, 0.15) is 38.8 Å². The zero-order chi connectivity index (χ0) is 17.8. The molecule has 1 fully saturated rings. The highest BCUT2D eigenvalue weighted by Gasteiger charge is 2.44. The minimum Gasteiger partial charge on any atom is -0.431 e. The first-order valence-corrected chi connectivity index (χ1v) is 6.25. The lowest BCUT2D eigenvalue weighted by Gasteiger charge is -2.23. The Balaban J connectivity index is 2.23. The van der Waals surface area contributed by atoms with Crippen LogP contribution in [0.4, 0.5) is 13.2 Å². The SMILES string of the molecule is [2H]C([2H])([2H])N1C(=O)c2ccc(F)c(OC(F)F)c2[C@@H]2CC(=O)[C@H]1C2. The Hall–Kier alpha value is -2.05. The number of amides is 1. The van der Waals surface area contributed by atoms with Crippen molar-refractivity contribution in [3.05, 3.63) is 29.1 Å². The van der Waals surface area contributed by atoms with Crippen molar-refractivity contribution >= 4 is 11.7 Å². The topological polar surface area (TPSA) is 46.6 Å². The number of halogens is 3. The highest BCUT2D eigenvalue weighted by atomic mass is 19.3. The summed E-state index contributed by atoms with van der Waals surface area (Å²) in [5, 5.41) is 0. The fourth-order valence-corrected chi connectivity index (χ4v) is 2.98. The van der Waals surface area contributed by atoms with Crippen molar-refractivity contribution in [2.24, 2.45) is 0 Å².